The Hall–Kier alpha value is -3.41. The second-order valence-electron chi connectivity index (χ2n) is 9.53. The molecule has 0 spiro atoms. The van der Waals surface area contributed by atoms with Crippen LogP contribution in [0.1, 0.15) is 36.4 Å². The second-order valence-corrected chi connectivity index (χ2v) is 10.2. The van der Waals surface area contributed by atoms with E-state index in [-0.39, 0.29) is 12.6 Å². The lowest BCUT2D eigenvalue weighted by molar-refractivity contribution is 0.324. The van der Waals surface area contributed by atoms with Crippen LogP contribution in [0.25, 0.3) is 32.3 Å². The summed E-state index contributed by atoms with van der Waals surface area (Å²) in [5.41, 5.74) is 4.02. The van der Waals surface area contributed by atoms with Crippen molar-refractivity contribution in [2.75, 3.05) is 18.1 Å². The predicted molar refractivity (Wildman–Crippen MR) is 149 cm³/mol. The first kappa shape index (κ1) is 23.0. The molecule has 1 unspecified atom stereocenters. The van der Waals surface area contributed by atoms with Gasteiger partial charge in [-0.2, -0.15) is 0 Å². The molecular weight excluding hydrogens is 466 g/mol. The third-order valence-corrected chi connectivity index (χ3v) is 7.92. The Morgan fingerprint density at radius 3 is 2.31 bits per heavy atom. The van der Waals surface area contributed by atoms with Crippen molar-refractivity contribution in [3.63, 3.8) is 0 Å². The first-order chi connectivity index (χ1) is 17.7. The zero-order valence-corrected chi connectivity index (χ0v) is 21.0. The minimum absolute atomic E-state index is 0.198. The highest BCUT2D eigenvalue weighted by Gasteiger charge is 2.28. The Labute approximate surface area is 213 Å². The topological polar surface area (TPSA) is 46.6 Å². The molecule has 5 heteroatoms. The van der Waals surface area contributed by atoms with Crippen molar-refractivity contribution in [1.29, 1.82) is 0 Å². The molecule has 0 amide bonds. The van der Waals surface area contributed by atoms with E-state index in [9.17, 15) is 8.42 Å². The van der Waals surface area contributed by atoms with Crippen LogP contribution in [0.5, 0.6) is 0 Å². The van der Waals surface area contributed by atoms with Gasteiger partial charge in [0.15, 0.2) is 0 Å². The van der Waals surface area contributed by atoms with Crippen molar-refractivity contribution in [3.05, 3.63) is 102 Å². The van der Waals surface area contributed by atoms with E-state index in [0.29, 0.717) is 6.42 Å². The van der Waals surface area contributed by atoms with Crippen LogP contribution < -0.4 is 4.90 Å². The van der Waals surface area contributed by atoms with Crippen molar-refractivity contribution in [3.8, 4) is 0 Å². The fraction of sp³-hybridized carbons (Fsp3) is 0.226. The monoisotopic (exact) mass is 495 g/mol. The van der Waals surface area contributed by atoms with E-state index in [2.05, 4.69) is 95.9 Å². The maximum atomic E-state index is 11.0. The Morgan fingerprint density at radius 1 is 0.750 bits per heavy atom. The van der Waals surface area contributed by atoms with Gasteiger partial charge >= 0.3 is 0 Å². The summed E-state index contributed by atoms with van der Waals surface area (Å²) in [6, 6.07) is 32.9. The lowest BCUT2D eigenvalue weighted by Crippen LogP contribution is -2.33. The summed E-state index contributed by atoms with van der Waals surface area (Å²) in [5.74, 6) is 0. The number of thiol groups is 1. The van der Waals surface area contributed by atoms with Gasteiger partial charge < -0.3 is 4.90 Å². The van der Waals surface area contributed by atoms with Gasteiger partial charge in [0.1, 0.15) is 0 Å². The fourth-order valence-electron chi connectivity index (χ4n) is 5.99. The smallest absolute Gasteiger partial charge is 0.257 e. The maximum Gasteiger partial charge on any atom is 0.257 e. The van der Waals surface area contributed by atoms with Gasteiger partial charge in [-0.25, -0.2) is 8.42 Å². The van der Waals surface area contributed by atoms with Gasteiger partial charge in [-0.3, -0.25) is 4.18 Å². The summed E-state index contributed by atoms with van der Waals surface area (Å²) < 4.78 is 26.8. The van der Waals surface area contributed by atoms with Gasteiger partial charge in [0.2, 0.25) is 0 Å². The van der Waals surface area contributed by atoms with E-state index < -0.39 is 11.0 Å². The van der Waals surface area contributed by atoms with Crippen molar-refractivity contribution in [2.24, 2.45) is 0 Å². The number of fused-ring (bicyclic) bond motifs is 6. The van der Waals surface area contributed by atoms with Crippen LogP contribution in [-0.4, -0.2) is 21.6 Å². The number of hydrogen-bond donors (Lipinski definition) is 1. The number of rotatable bonds is 7. The third-order valence-electron chi connectivity index (χ3n) is 7.53. The molecule has 6 rings (SSSR count). The summed E-state index contributed by atoms with van der Waals surface area (Å²) in [5, 5.41) is 7.66. The molecule has 1 aliphatic rings. The van der Waals surface area contributed by atoms with Gasteiger partial charge in [-0.05, 0) is 69.8 Å². The van der Waals surface area contributed by atoms with Gasteiger partial charge in [0, 0.05) is 17.6 Å². The molecule has 0 bridgehead atoms. The average molecular weight is 496 g/mol. The average Bonchev–Trinajstić information content (AvgIpc) is 2.92. The number of hydrogen-bond acceptors (Lipinski definition) is 4. The molecule has 0 fully saturated rings. The van der Waals surface area contributed by atoms with Crippen molar-refractivity contribution < 1.29 is 12.6 Å². The Balaban J connectivity index is 1.47. The number of aryl methyl sites for hydroxylation is 1. The highest BCUT2D eigenvalue weighted by Crippen LogP contribution is 2.42. The largest absolute Gasteiger partial charge is 0.364 e. The molecular formula is C31H29NO3S. The molecule has 36 heavy (non-hydrogen) atoms. The van der Waals surface area contributed by atoms with E-state index >= 15 is 0 Å². The van der Waals surface area contributed by atoms with Crippen LogP contribution in [0.3, 0.4) is 0 Å². The third kappa shape index (κ3) is 4.23. The van der Waals surface area contributed by atoms with Crippen LogP contribution in [-0.2, 0) is 21.6 Å². The summed E-state index contributed by atoms with van der Waals surface area (Å²) in [6.45, 7) is 0.917. The van der Waals surface area contributed by atoms with E-state index in [1.807, 2.05) is 0 Å². The van der Waals surface area contributed by atoms with Crippen molar-refractivity contribution >= 4 is 49.0 Å². The fourth-order valence-corrected chi connectivity index (χ4v) is 6.27. The molecule has 4 nitrogen and oxygen atoms in total. The first-order valence-electron chi connectivity index (χ1n) is 12.7. The second kappa shape index (κ2) is 9.92. The quantitative estimate of drug-likeness (QED) is 0.151. The van der Waals surface area contributed by atoms with Gasteiger partial charge in [-0.15, -0.1) is 0 Å². The van der Waals surface area contributed by atoms with Gasteiger partial charge in [0.25, 0.3) is 11.0 Å². The lowest BCUT2D eigenvalue weighted by atomic mass is 9.82. The predicted octanol–water partition coefficient (Wildman–Crippen LogP) is 6.96. The lowest BCUT2D eigenvalue weighted by Gasteiger charge is -2.39. The molecule has 182 valence electrons. The molecule has 0 N–H and O–H groups in total. The summed E-state index contributed by atoms with van der Waals surface area (Å²) >= 11 is 0. The standard InChI is InChI=1S/C31H29NO3S/c33-36(34)35-21-7-20-32(30-14-5-10-22-8-2-4-12-25(22)30)31-15-6-13-26-28-17-16-23-9-1-3-11-24(23)27(28)18-19-29(26)31/h1-5,8-12,14,16-19,31,36H,6-7,13,15,20-21H2. The molecule has 0 aromatic heterocycles. The Kier molecular flexibility index (Phi) is 6.34. The maximum absolute atomic E-state index is 11.0. The molecule has 5 aromatic carbocycles. The van der Waals surface area contributed by atoms with E-state index in [1.165, 1.54) is 49.1 Å². The zero-order chi connectivity index (χ0) is 24.5. The molecule has 0 heterocycles. The minimum atomic E-state index is -2.82. The molecule has 0 saturated heterocycles. The normalized spacial score (nSPS) is 15.5. The highest BCUT2D eigenvalue weighted by molar-refractivity contribution is 7.67. The molecule has 1 aliphatic carbocycles. The molecule has 0 aliphatic heterocycles. The molecule has 0 saturated carbocycles. The summed E-state index contributed by atoms with van der Waals surface area (Å²) in [7, 11) is -2.82. The van der Waals surface area contributed by atoms with Crippen molar-refractivity contribution in [1.82, 2.24) is 0 Å². The molecule has 1 atom stereocenters. The molecule has 0 radical (unpaired) electrons. The number of benzene rings is 5. The number of anilines is 1. The SMILES string of the molecule is O=[SH](=O)OCCCN(c1cccc2ccccc12)C1CCCc2c1ccc1c2ccc2ccccc21. The van der Waals surface area contributed by atoms with Crippen LogP contribution in [0, 0.1) is 0 Å². The zero-order valence-electron chi connectivity index (χ0n) is 20.1. The van der Waals surface area contributed by atoms with Gasteiger partial charge in [0.05, 0.1) is 12.6 Å². The van der Waals surface area contributed by atoms with E-state index in [1.54, 1.807) is 0 Å². The van der Waals surface area contributed by atoms with Crippen LogP contribution in [0.2, 0.25) is 0 Å². The highest BCUT2D eigenvalue weighted by atomic mass is 32.2. The Morgan fingerprint density at radius 2 is 1.47 bits per heavy atom. The van der Waals surface area contributed by atoms with Crippen molar-refractivity contribution in [2.45, 2.75) is 31.7 Å². The van der Waals surface area contributed by atoms with Crippen LogP contribution in [0.15, 0.2) is 91.0 Å². The van der Waals surface area contributed by atoms with E-state index in [4.69, 9.17) is 4.18 Å². The Bertz CT molecular complexity index is 1630. The molecule has 5 aromatic rings. The van der Waals surface area contributed by atoms with Gasteiger partial charge in [-0.1, -0.05) is 84.9 Å². The minimum Gasteiger partial charge on any atom is -0.364 e. The summed E-state index contributed by atoms with van der Waals surface area (Å²) in [4.78, 5) is 2.48. The van der Waals surface area contributed by atoms with E-state index in [0.717, 1.165) is 25.8 Å². The summed E-state index contributed by atoms with van der Waals surface area (Å²) in [6.07, 6.45) is 3.89. The van der Waals surface area contributed by atoms with Crippen LogP contribution in [0.4, 0.5) is 5.69 Å². The van der Waals surface area contributed by atoms with Crippen LogP contribution >= 0.6 is 0 Å². The number of nitrogens with zero attached hydrogens (tertiary/aromatic N) is 1. The first-order valence-corrected chi connectivity index (χ1v) is 13.8.